The molecule has 2 saturated heterocycles. The molecular formula is C13H16BrN. The number of fused-ring (bicyclic) bond motifs is 1. The summed E-state index contributed by atoms with van der Waals surface area (Å²) in [6, 6.07) is 8.88. The molecule has 2 aliphatic heterocycles. The van der Waals surface area contributed by atoms with Crippen LogP contribution in [0.3, 0.4) is 0 Å². The molecule has 2 aliphatic rings. The van der Waals surface area contributed by atoms with Crippen molar-refractivity contribution >= 4 is 15.9 Å². The van der Waals surface area contributed by atoms with Crippen LogP contribution in [0.1, 0.15) is 31.2 Å². The Balaban J connectivity index is 1.98. The van der Waals surface area contributed by atoms with Gasteiger partial charge in [-0.3, -0.25) is 4.90 Å². The van der Waals surface area contributed by atoms with Crippen molar-refractivity contribution in [1.82, 2.24) is 4.90 Å². The quantitative estimate of drug-likeness (QED) is 0.751. The molecule has 15 heavy (non-hydrogen) atoms. The molecule has 0 aliphatic carbocycles. The SMILES string of the molecule is Brc1cccc(C23CCCCN2CC3)c1. The average Bonchev–Trinajstić information content (AvgIpc) is 2.20. The second-order valence-corrected chi connectivity index (χ2v) is 5.65. The summed E-state index contributed by atoms with van der Waals surface area (Å²) in [7, 11) is 0. The Kier molecular flexibility index (Phi) is 2.37. The molecule has 2 fully saturated rings. The molecule has 0 bridgehead atoms. The lowest BCUT2D eigenvalue weighted by Crippen LogP contribution is -2.59. The van der Waals surface area contributed by atoms with Crippen LogP contribution in [0.4, 0.5) is 0 Å². The topological polar surface area (TPSA) is 3.24 Å². The lowest BCUT2D eigenvalue weighted by atomic mass is 9.72. The van der Waals surface area contributed by atoms with E-state index in [-0.39, 0.29) is 0 Å². The van der Waals surface area contributed by atoms with Crippen LogP contribution in [0.5, 0.6) is 0 Å². The van der Waals surface area contributed by atoms with Gasteiger partial charge in [0.25, 0.3) is 0 Å². The number of nitrogens with zero attached hydrogens (tertiary/aromatic N) is 1. The van der Waals surface area contributed by atoms with Gasteiger partial charge in [-0.2, -0.15) is 0 Å². The summed E-state index contributed by atoms with van der Waals surface area (Å²) in [5.74, 6) is 0. The monoisotopic (exact) mass is 265 g/mol. The molecule has 0 N–H and O–H groups in total. The molecule has 1 nitrogen and oxygen atoms in total. The van der Waals surface area contributed by atoms with Crippen LogP contribution in [0.15, 0.2) is 28.7 Å². The van der Waals surface area contributed by atoms with Crippen LogP contribution in [0.2, 0.25) is 0 Å². The van der Waals surface area contributed by atoms with Gasteiger partial charge >= 0.3 is 0 Å². The van der Waals surface area contributed by atoms with Gasteiger partial charge in [0.05, 0.1) is 0 Å². The van der Waals surface area contributed by atoms with Crippen LogP contribution in [-0.4, -0.2) is 18.0 Å². The van der Waals surface area contributed by atoms with Crippen molar-refractivity contribution in [2.45, 2.75) is 31.2 Å². The second kappa shape index (κ2) is 3.60. The van der Waals surface area contributed by atoms with E-state index in [0.717, 1.165) is 0 Å². The Morgan fingerprint density at radius 2 is 2.07 bits per heavy atom. The van der Waals surface area contributed by atoms with Crippen molar-refractivity contribution in [2.24, 2.45) is 0 Å². The summed E-state index contributed by atoms with van der Waals surface area (Å²) in [4.78, 5) is 2.66. The maximum Gasteiger partial charge on any atom is 0.0473 e. The van der Waals surface area contributed by atoms with Gasteiger partial charge in [-0.15, -0.1) is 0 Å². The largest absolute Gasteiger partial charge is 0.293 e. The maximum absolute atomic E-state index is 3.58. The van der Waals surface area contributed by atoms with Gasteiger partial charge in [0, 0.05) is 16.6 Å². The van der Waals surface area contributed by atoms with Gasteiger partial charge in [0.2, 0.25) is 0 Å². The summed E-state index contributed by atoms with van der Waals surface area (Å²) in [5.41, 5.74) is 1.92. The summed E-state index contributed by atoms with van der Waals surface area (Å²) in [5, 5.41) is 0. The number of rotatable bonds is 1. The van der Waals surface area contributed by atoms with Gasteiger partial charge in [-0.05, 0) is 49.9 Å². The molecular weight excluding hydrogens is 250 g/mol. The molecule has 1 atom stereocenters. The zero-order valence-corrected chi connectivity index (χ0v) is 10.5. The Labute approximate surface area is 99.6 Å². The number of hydrogen-bond donors (Lipinski definition) is 0. The number of piperidine rings is 1. The van der Waals surface area contributed by atoms with Crippen molar-refractivity contribution in [3.05, 3.63) is 34.3 Å². The van der Waals surface area contributed by atoms with Gasteiger partial charge in [-0.25, -0.2) is 0 Å². The minimum Gasteiger partial charge on any atom is -0.293 e. The Bertz CT molecular complexity index is 377. The number of halogens is 1. The lowest BCUT2D eigenvalue weighted by molar-refractivity contribution is -0.0506. The van der Waals surface area contributed by atoms with E-state index < -0.39 is 0 Å². The molecule has 0 amide bonds. The van der Waals surface area contributed by atoms with Gasteiger partial charge in [-0.1, -0.05) is 28.1 Å². The summed E-state index contributed by atoms with van der Waals surface area (Å²) in [6.45, 7) is 2.60. The zero-order chi connectivity index (χ0) is 10.3. The van der Waals surface area contributed by atoms with E-state index in [1.165, 1.54) is 48.8 Å². The maximum atomic E-state index is 3.58. The second-order valence-electron chi connectivity index (χ2n) is 4.74. The molecule has 1 unspecified atom stereocenters. The molecule has 80 valence electrons. The van der Waals surface area contributed by atoms with E-state index in [1.54, 1.807) is 0 Å². The fraction of sp³-hybridized carbons (Fsp3) is 0.538. The van der Waals surface area contributed by atoms with E-state index in [0.29, 0.717) is 5.54 Å². The molecule has 0 spiro atoms. The highest BCUT2D eigenvalue weighted by atomic mass is 79.9. The van der Waals surface area contributed by atoms with E-state index in [1.807, 2.05) is 0 Å². The molecule has 1 aromatic rings. The number of hydrogen-bond acceptors (Lipinski definition) is 1. The fourth-order valence-corrected chi connectivity index (χ4v) is 3.52. The molecule has 1 aromatic carbocycles. The fourth-order valence-electron chi connectivity index (χ4n) is 3.12. The lowest BCUT2D eigenvalue weighted by Gasteiger charge is -2.56. The highest BCUT2D eigenvalue weighted by Gasteiger charge is 2.46. The minimum atomic E-state index is 0.405. The Morgan fingerprint density at radius 1 is 1.13 bits per heavy atom. The zero-order valence-electron chi connectivity index (χ0n) is 8.88. The first kappa shape index (κ1) is 9.86. The molecule has 3 rings (SSSR count). The van der Waals surface area contributed by atoms with Crippen molar-refractivity contribution in [3.63, 3.8) is 0 Å². The van der Waals surface area contributed by atoms with Gasteiger partial charge in [0.1, 0.15) is 0 Å². The highest BCUT2D eigenvalue weighted by molar-refractivity contribution is 9.10. The first-order valence-electron chi connectivity index (χ1n) is 5.82. The molecule has 2 heterocycles. The predicted molar refractivity (Wildman–Crippen MR) is 65.9 cm³/mol. The third kappa shape index (κ3) is 1.46. The molecule has 0 radical (unpaired) electrons. The average molecular weight is 266 g/mol. The van der Waals surface area contributed by atoms with E-state index in [2.05, 4.69) is 45.1 Å². The highest BCUT2D eigenvalue weighted by Crippen LogP contribution is 2.47. The van der Waals surface area contributed by atoms with E-state index >= 15 is 0 Å². The first-order valence-corrected chi connectivity index (χ1v) is 6.62. The predicted octanol–water partition coefficient (Wildman–Crippen LogP) is 3.53. The summed E-state index contributed by atoms with van der Waals surface area (Å²) < 4.78 is 1.21. The standard InChI is InChI=1S/C13H16BrN/c14-12-5-3-4-11(10-12)13-6-1-2-8-15(13)9-7-13/h3-5,10H,1-2,6-9H2. The van der Waals surface area contributed by atoms with Crippen molar-refractivity contribution in [2.75, 3.05) is 13.1 Å². The van der Waals surface area contributed by atoms with Crippen LogP contribution in [-0.2, 0) is 5.54 Å². The van der Waals surface area contributed by atoms with Crippen LogP contribution >= 0.6 is 15.9 Å². The summed E-state index contributed by atoms with van der Waals surface area (Å²) in [6.07, 6.45) is 5.48. The van der Waals surface area contributed by atoms with Crippen molar-refractivity contribution in [3.8, 4) is 0 Å². The van der Waals surface area contributed by atoms with Crippen molar-refractivity contribution < 1.29 is 0 Å². The third-order valence-corrected chi connectivity index (χ3v) is 4.52. The van der Waals surface area contributed by atoms with E-state index in [9.17, 15) is 0 Å². The Morgan fingerprint density at radius 3 is 2.73 bits per heavy atom. The van der Waals surface area contributed by atoms with Gasteiger partial charge < -0.3 is 0 Å². The van der Waals surface area contributed by atoms with Crippen LogP contribution in [0.25, 0.3) is 0 Å². The third-order valence-electron chi connectivity index (χ3n) is 4.03. The Hall–Kier alpha value is -0.340. The first-order chi connectivity index (χ1) is 7.31. The molecule has 0 saturated carbocycles. The van der Waals surface area contributed by atoms with Gasteiger partial charge in [0.15, 0.2) is 0 Å². The number of benzene rings is 1. The van der Waals surface area contributed by atoms with Crippen LogP contribution in [0, 0.1) is 0 Å². The smallest absolute Gasteiger partial charge is 0.0473 e. The molecule has 2 heteroatoms. The summed E-state index contributed by atoms with van der Waals surface area (Å²) >= 11 is 3.58. The minimum absolute atomic E-state index is 0.405. The van der Waals surface area contributed by atoms with E-state index in [4.69, 9.17) is 0 Å². The molecule has 0 aromatic heterocycles. The van der Waals surface area contributed by atoms with Crippen molar-refractivity contribution in [1.29, 1.82) is 0 Å². The van der Waals surface area contributed by atoms with Crippen LogP contribution < -0.4 is 0 Å². The normalized spacial score (nSPS) is 30.7.